The number of nitrogens with zero attached hydrogens (tertiary/aromatic N) is 2. The highest BCUT2D eigenvalue weighted by Gasteiger charge is 2.13. The van der Waals surface area contributed by atoms with E-state index in [4.69, 9.17) is 5.11 Å². The lowest BCUT2D eigenvalue weighted by molar-refractivity contribution is 0.0695. The van der Waals surface area contributed by atoms with E-state index in [9.17, 15) is 13.2 Å². The van der Waals surface area contributed by atoms with Crippen LogP contribution in [0.2, 0.25) is 0 Å². The van der Waals surface area contributed by atoms with Crippen LogP contribution in [0.3, 0.4) is 0 Å². The van der Waals surface area contributed by atoms with Crippen molar-refractivity contribution in [2.24, 2.45) is 0 Å². The highest BCUT2D eigenvalue weighted by Crippen LogP contribution is 2.08. The van der Waals surface area contributed by atoms with Crippen LogP contribution in [-0.4, -0.2) is 35.2 Å². The van der Waals surface area contributed by atoms with Gasteiger partial charge in [0.1, 0.15) is 0 Å². The van der Waals surface area contributed by atoms with Gasteiger partial charge in [0.25, 0.3) is 0 Å². The smallest absolute Gasteiger partial charge is 0.339 e. The van der Waals surface area contributed by atoms with Crippen LogP contribution in [0.1, 0.15) is 23.0 Å². The molecule has 0 atom stereocenters. The van der Waals surface area contributed by atoms with Gasteiger partial charge in [0, 0.05) is 6.20 Å². The zero-order valence-electron chi connectivity index (χ0n) is 8.76. The van der Waals surface area contributed by atoms with E-state index in [1.807, 2.05) is 0 Å². The topological polar surface area (TPSA) is 109 Å². The second-order valence-electron chi connectivity index (χ2n) is 3.00. The number of anilines is 1. The van der Waals surface area contributed by atoms with Crippen molar-refractivity contribution in [3.8, 4) is 0 Å². The van der Waals surface area contributed by atoms with Crippen LogP contribution in [0.5, 0.6) is 0 Å². The van der Waals surface area contributed by atoms with E-state index in [0.717, 1.165) is 6.20 Å². The van der Waals surface area contributed by atoms with E-state index < -0.39 is 16.0 Å². The molecule has 1 aromatic rings. The Bertz CT molecular complexity index is 512. The van der Waals surface area contributed by atoms with Crippen LogP contribution in [-0.2, 0) is 10.0 Å². The number of aromatic carboxylic acids is 1. The highest BCUT2D eigenvalue weighted by atomic mass is 32.2. The number of carbonyl (C=O) groups is 1. The summed E-state index contributed by atoms with van der Waals surface area (Å²) in [4.78, 5) is 18.0. The Labute approximate surface area is 92.6 Å². The zero-order chi connectivity index (χ0) is 12.3. The minimum atomic E-state index is -3.44. The number of sulfonamides is 1. The van der Waals surface area contributed by atoms with Crippen molar-refractivity contribution in [2.75, 3.05) is 10.5 Å². The van der Waals surface area contributed by atoms with Gasteiger partial charge in [-0.15, -0.1) is 0 Å². The maximum Gasteiger partial charge on any atom is 0.339 e. The van der Waals surface area contributed by atoms with E-state index in [1.54, 1.807) is 0 Å². The van der Waals surface area contributed by atoms with Crippen molar-refractivity contribution in [3.63, 3.8) is 0 Å². The number of aromatic nitrogens is 2. The van der Waals surface area contributed by atoms with E-state index >= 15 is 0 Å². The van der Waals surface area contributed by atoms with Crippen molar-refractivity contribution in [2.45, 2.75) is 13.8 Å². The first-order valence-corrected chi connectivity index (χ1v) is 6.08. The van der Waals surface area contributed by atoms with Crippen molar-refractivity contribution in [1.82, 2.24) is 9.97 Å². The Morgan fingerprint density at radius 1 is 1.56 bits per heavy atom. The molecule has 1 aromatic heterocycles. The third kappa shape index (κ3) is 2.89. The SMILES string of the molecule is CCS(=O)(=O)Nc1ncc(C(=O)O)c(C)n1. The summed E-state index contributed by atoms with van der Waals surface area (Å²) in [6.07, 6.45) is 1.07. The van der Waals surface area contributed by atoms with Crippen LogP contribution in [0.25, 0.3) is 0 Å². The molecular formula is C8H11N3O4S. The fraction of sp³-hybridized carbons (Fsp3) is 0.375. The molecule has 2 N–H and O–H groups in total. The van der Waals surface area contributed by atoms with Gasteiger partial charge in [-0.2, -0.15) is 0 Å². The van der Waals surface area contributed by atoms with Gasteiger partial charge in [0.15, 0.2) is 0 Å². The molecule has 1 rings (SSSR count). The molecule has 0 saturated carbocycles. The number of nitrogens with one attached hydrogen (secondary N) is 1. The van der Waals surface area contributed by atoms with Crippen LogP contribution in [0, 0.1) is 6.92 Å². The summed E-state index contributed by atoms with van der Waals surface area (Å²) in [5.74, 6) is -1.37. The third-order valence-corrected chi connectivity index (χ3v) is 3.09. The Kier molecular flexibility index (Phi) is 3.43. The average Bonchev–Trinajstić information content (AvgIpc) is 2.16. The molecule has 0 spiro atoms. The first kappa shape index (κ1) is 12.4. The summed E-state index contributed by atoms with van der Waals surface area (Å²) >= 11 is 0. The molecule has 0 radical (unpaired) electrons. The summed E-state index contributed by atoms with van der Waals surface area (Å²) in [7, 11) is -3.44. The molecule has 0 saturated heterocycles. The quantitative estimate of drug-likeness (QED) is 0.786. The van der Waals surface area contributed by atoms with Gasteiger partial charge in [-0.1, -0.05) is 0 Å². The number of aryl methyl sites for hydroxylation is 1. The summed E-state index contributed by atoms with van der Waals surface area (Å²) in [6.45, 7) is 2.94. The van der Waals surface area contributed by atoms with Crippen molar-refractivity contribution in [3.05, 3.63) is 17.5 Å². The zero-order valence-corrected chi connectivity index (χ0v) is 9.58. The van der Waals surface area contributed by atoms with Gasteiger partial charge in [0.05, 0.1) is 17.0 Å². The molecule has 7 nitrogen and oxygen atoms in total. The fourth-order valence-corrected chi connectivity index (χ4v) is 1.46. The van der Waals surface area contributed by atoms with Crippen molar-refractivity contribution < 1.29 is 18.3 Å². The minimum absolute atomic E-state index is 0.0561. The van der Waals surface area contributed by atoms with Crippen LogP contribution in [0.4, 0.5) is 5.95 Å². The van der Waals surface area contributed by atoms with Crippen LogP contribution < -0.4 is 4.72 Å². The largest absolute Gasteiger partial charge is 0.478 e. The standard InChI is InChI=1S/C8H11N3O4S/c1-3-16(14,15)11-8-9-4-6(7(12)13)5(2)10-8/h4H,3H2,1-2H3,(H,12,13)(H,9,10,11). The Balaban J connectivity index is 3.03. The first-order valence-electron chi connectivity index (χ1n) is 4.43. The monoisotopic (exact) mass is 245 g/mol. The number of carboxylic acid groups (broad SMARTS) is 1. The number of rotatable bonds is 4. The molecule has 0 fully saturated rings. The number of hydrogen-bond donors (Lipinski definition) is 2. The summed E-state index contributed by atoms with van der Waals surface area (Å²) in [5.41, 5.74) is 0.149. The Morgan fingerprint density at radius 3 is 2.62 bits per heavy atom. The van der Waals surface area contributed by atoms with Gasteiger partial charge in [-0.3, -0.25) is 4.72 Å². The summed E-state index contributed by atoms with van der Waals surface area (Å²) < 4.78 is 24.5. The van der Waals surface area contributed by atoms with Gasteiger partial charge in [0.2, 0.25) is 16.0 Å². The summed E-state index contributed by atoms with van der Waals surface area (Å²) in [5, 5.41) is 8.72. The maximum atomic E-state index is 11.2. The van der Waals surface area contributed by atoms with Gasteiger partial charge in [-0.05, 0) is 13.8 Å². The van der Waals surface area contributed by atoms with E-state index in [1.165, 1.54) is 13.8 Å². The molecular weight excluding hydrogens is 234 g/mol. The predicted molar refractivity (Wildman–Crippen MR) is 56.8 cm³/mol. The lowest BCUT2D eigenvalue weighted by atomic mass is 10.2. The van der Waals surface area contributed by atoms with Crippen molar-refractivity contribution in [1.29, 1.82) is 0 Å². The molecule has 0 aliphatic carbocycles. The normalized spacial score (nSPS) is 11.1. The number of hydrogen-bond acceptors (Lipinski definition) is 5. The second-order valence-corrected chi connectivity index (χ2v) is 5.01. The summed E-state index contributed by atoms with van der Waals surface area (Å²) in [6, 6.07) is 0. The first-order chi connectivity index (χ1) is 7.35. The average molecular weight is 245 g/mol. The molecule has 0 bridgehead atoms. The Hall–Kier alpha value is -1.70. The molecule has 88 valence electrons. The molecule has 0 unspecified atom stereocenters. The van der Waals surface area contributed by atoms with Gasteiger partial charge >= 0.3 is 5.97 Å². The second kappa shape index (κ2) is 4.44. The highest BCUT2D eigenvalue weighted by molar-refractivity contribution is 7.92. The predicted octanol–water partition coefficient (Wildman–Crippen LogP) is 0.245. The maximum absolute atomic E-state index is 11.2. The lowest BCUT2D eigenvalue weighted by Crippen LogP contribution is -2.17. The van der Waals surface area contributed by atoms with Gasteiger partial charge in [-0.25, -0.2) is 23.2 Å². The van der Waals surface area contributed by atoms with Crippen molar-refractivity contribution >= 4 is 21.9 Å². The molecule has 0 aliphatic heterocycles. The minimum Gasteiger partial charge on any atom is -0.478 e. The van der Waals surface area contributed by atoms with E-state index in [0.29, 0.717) is 0 Å². The molecule has 0 aromatic carbocycles. The molecule has 1 heterocycles. The van der Waals surface area contributed by atoms with Gasteiger partial charge < -0.3 is 5.11 Å². The van der Waals surface area contributed by atoms with E-state index in [2.05, 4.69) is 14.7 Å². The molecule has 0 amide bonds. The third-order valence-electron chi connectivity index (χ3n) is 1.84. The van der Waals surface area contributed by atoms with Crippen LogP contribution in [0.15, 0.2) is 6.20 Å². The molecule has 16 heavy (non-hydrogen) atoms. The van der Waals surface area contributed by atoms with Crippen LogP contribution >= 0.6 is 0 Å². The fourth-order valence-electron chi connectivity index (χ4n) is 0.937. The Morgan fingerprint density at radius 2 is 2.19 bits per heavy atom. The molecule has 8 heteroatoms. The number of carboxylic acids is 1. The molecule has 0 aliphatic rings. The van der Waals surface area contributed by atoms with E-state index in [-0.39, 0.29) is 23.0 Å². The lowest BCUT2D eigenvalue weighted by Gasteiger charge is -2.05.